The van der Waals surface area contributed by atoms with E-state index in [0.717, 1.165) is 13.0 Å². The number of carbonyl (C=O) groups is 1. The minimum Gasteiger partial charge on any atom is -0.350 e. The molecule has 1 amide bonds. The molecule has 0 radical (unpaired) electrons. The van der Waals surface area contributed by atoms with E-state index < -0.39 is 0 Å². The lowest BCUT2D eigenvalue weighted by Crippen LogP contribution is -2.41. The molecule has 2 N–H and O–H groups in total. The zero-order chi connectivity index (χ0) is 11.1. The van der Waals surface area contributed by atoms with E-state index in [-0.39, 0.29) is 11.9 Å². The van der Waals surface area contributed by atoms with Gasteiger partial charge in [0.25, 0.3) is 0 Å². The molecule has 0 bridgehead atoms. The predicted molar refractivity (Wildman–Crippen MR) is 63.9 cm³/mol. The van der Waals surface area contributed by atoms with Crippen molar-refractivity contribution in [3.63, 3.8) is 0 Å². The SMILES string of the molecule is CCCNC(C)C(=O)NCc1cccs1. The predicted octanol–water partition coefficient (Wildman–Crippen LogP) is 1.75. The molecule has 4 heteroatoms. The highest BCUT2D eigenvalue weighted by Crippen LogP contribution is 2.07. The number of nitrogens with one attached hydrogen (secondary N) is 2. The van der Waals surface area contributed by atoms with Gasteiger partial charge in [0.2, 0.25) is 5.91 Å². The zero-order valence-electron chi connectivity index (χ0n) is 9.25. The molecule has 1 rings (SSSR count). The Balaban J connectivity index is 2.23. The van der Waals surface area contributed by atoms with Crippen molar-refractivity contribution in [3.8, 4) is 0 Å². The standard InChI is InChI=1S/C11H18N2OS/c1-3-6-12-9(2)11(14)13-8-10-5-4-7-15-10/h4-5,7,9,12H,3,6,8H2,1-2H3,(H,13,14). The number of hydrogen-bond donors (Lipinski definition) is 2. The summed E-state index contributed by atoms with van der Waals surface area (Å²) in [7, 11) is 0. The van der Waals surface area contributed by atoms with Crippen LogP contribution in [0.4, 0.5) is 0 Å². The fourth-order valence-electron chi connectivity index (χ4n) is 1.19. The first-order valence-electron chi connectivity index (χ1n) is 5.27. The molecule has 0 fully saturated rings. The average Bonchev–Trinajstić information content (AvgIpc) is 2.75. The second-order valence-corrected chi connectivity index (χ2v) is 4.51. The molecule has 0 aromatic carbocycles. The maximum Gasteiger partial charge on any atom is 0.237 e. The van der Waals surface area contributed by atoms with Gasteiger partial charge in [-0.2, -0.15) is 0 Å². The van der Waals surface area contributed by atoms with Crippen molar-refractivity contribution in [2.75, 3.05) is 6.54 Å². The van der Waals surface area contributed by atoms with E-state index in [1.165, 1.54) is 4.88 Å². The van der Waals surface area contributed by atoms with Crippen molar-refractivity contribution in [1.29, 1.82) is 0 Å². The first kappa shape index (κ1) is 12.2. The van der Waals surface area contributed by atoms with Crippen LogP contribution in [0, 0.1) is 0 Å². The molecular formula is C11H18N2OS. The zero-order valence-corrected chi connectivity index (χ0v) is 10.1. The molecule has 0 aliphatic carbocycles. The number of hydrogen-bond acceptors (Lipinski definition) is 3. The normalized spacial score (nSPS) is 12.4. The van der Waals surface area contributed by atoms with E-state index in [1.807, 2.05) is 24.4 Å². The molecule has 1 unspecified atom stereocenters. The average molecular weight is 226 g/mol. The number of amides is 1. The fraction of sp³-hybridized carbons (Fsp3) is 0.545. The second-order valence-electron chi connectivity index (χ2n) is 3.47. The van der Waals surface area contributed by atoms with Gasteiger partial charge in [0, 0.05) is 4.88 Å². The minimum atomic E-state index is -0.107. The van der Waals surface area contributed by atoms with Crippen LogP contribution in [-0.4, -0.2) is 18.5 Å². The highest BCUT2D eigenvalue weighted by molar-refractivity contribution is 7.09. The smallest absolute Gasteiger partial charge is 0.237 e. The number of carbonyl (C=O) groups excluding carboxylic acids is 1. The molecule has 1 atom stereocenters. The fourth-order valence-corrected chi connectivity index (χ4v) is 1.84. The third-order valence-electron chi connectivity index (χ3n) is 2.11. The van der Waals surface area contributed by atoms with Gasteiger partial charge < -0.3 is 10.6 Å². The lowest BCUT2D eigenvalue weighted by molar-refractivity contribution is -0.122. The van der Waals surface area contributed by atoms with E-state index in [0.29, 0.717) is 6.54 Å². The summed E-state index contributed by atoms with van der Waals surface area (Å²) in [5.74, 6) is 0.0665. The Kier molecular flexibility index (Phi) is 5.36. The molecule has 1 heterocycles. The molecule has 15 heavy (non-hydrogen) atoms. The lowest BCUT2D eigenvalue weighted by atomic mass is 10.3. The van der Waals surface area contributed by atoms with E-state index in [1.54, 1.807) is 11.3 Å². The topological polar surface area (TPSA) is 41.1 Å². The van der Waals surface area contributed by atoms with Crippen LogP contribution in [0.25, 0.3) is 0 Å². The number of rotatable bonds is 6. The van der Waals surface area contributed by atoms with Crippen LogP contribution >= 0.6 is 11.3 Å². The van der Waals surface area contributed by atoms with Crippen LogP contribution in [0.3, 0.4) is 0 Å². The number of thiophene rings is 1. The Morgan fingerprint density at radius 1 is 1.60 bits per heavy atom. The van der Waals surface area contributed by atoms with Crippen LogP contribution in [0.5, 0.6) is 0 Å². The summed E-state index contributed by atoms with van der Waals surface area (Å²) in [6.45, 7) is 5.49. The van der Waals surface area contributed by atoms with Gasteiger partial charge in [-0.05, 0) is 31.3 Å². The van der Waals surface area contributed by atoms with Crippen LogP contribution in [0.2, 0.25) is 0 Å². The molecule has 84 valence electrons. The largest absolute Gasteiger partial charge is 0.350 e. The second kappa shape index (κ2) is 6.58. The van der Waals surface area contributed by atoms with Crippen LogP contribution < -0.4 is 10.6 Å². The van der Waals surface area contributed by atoms with Gasteiger partial charge in [-0.1, -0.05) is 13.0 Å². The molecule has 1 aromatic rings. The van der Waals surface area contributed by atoms with Crippen molar-refractivity contribution < 1.29 is 4.79 Å². The molecule has 0 aliphatic rings. The van der Waals surface area contributed by atoms with Crippen LogP contribution in [0.15, 0.2) is 17.5 Å². The Morgan fingerprint density at radius 2 is 2.40 bits per heavy atom. The first-order valence-corrected chi connectivity index (χ1v) is 6.15. The maximum absolute atomic E-state index is 11.6. The van der Waals surface area contributed by atoms with Crippen molar-refractivity contribution in [1.82, 2.24) is 10.6 Å². The van der Waals surface area contributed by atoms with E-state index in [4.69, 9.17) is 0 Å². The highest BCUT2D eigenvalue weighted by Gasteiger charge is 2.10. The monoisotopic (exact) mass is 226 g/mol. The van der Waals surface area contributed by atoms with E-state index >= 15 is 0 Å². The third kappa shape index (κ3) is 4.44. The lowest BCUT2D eigenvalue weighted by Gasteiger charge is -2.12. The summed E-state index contributed by atoms with van der Waals surface area (Å²) in [6.07, 6.45) is 1.04. The molecular weight excluding hydrogens is 208 g/mol. The van der Waals surface area contributed by atoms with Crippen LogP contribution in [-0.2, 0) is 11.3 Å². The van der Waals surface area contributed by atoms with Crippen molar-refractivity contribution in [2.24, 2.45) is 0 Å². The Morgan fingerprint density at radius 3 is 3.00 bits per heavy atom. The van der Waals surface area contributed by atoms with Gasteiger partial charge >= 0.3 is 0 Å². The summed E-state index contributed by atoms with van der Waals surface area (Å²) in [5.41, 5.74) is 0. The third-order valence-corrected chi connectivity index (χ3v) is 2.99. The van der Waals surface area contributed by atoms with Gasteiger partial charge in [0.15, 0.2) is 0 Å². The summed E-state index contributed by atoms with van der Waals surface area (Å²) in [4.78, 5) is 12.8. The summed E-state index contributed by atoms with van der Waals surface area (Å²) in [5, 5.41) is 8.07. The first-order chi connectivity index (χ1) is 7.24. The maximum atomic E-state index is 11.6. The molecule has 0 saturated carbocycles. The van der Waals surface area contributed by atoms with Gasteiger partial charge in [0.05, 0.1) is 12.6 Å². The van der Waals surface area contributed by atoms with E-state index in [9.17, 15) is 4.79 Å². The highest BCUT2D eigenvalue weighted by atomic mass is 32.1. The van der Waals surface area contributed by atoms with Crippen molar-refractivity contribution in [3.05, 3.63) is 22.4 Å². The van der Waals surface area contributed by atoms with Gasteiger partial charge in [-0.25, -0.2) is 0 Å². The van der Waals surface area contributed by atoms with Gasteiger partial charge in [-0.3, -0.25) is 4.79 Å². The minimum absolute atomic E-state index is 0.0665. The molecule has 1 aromatic heterocycles. The van der Waals surface area contributed by atoms with Gasteiger partial charge in [0.1, 0.15) is 0 Å². The van der Waals surface area contributed by atoms with Gasteiger partial charge in [-0.15, -0.1) is 11.3 Å². The quantitative estimate of drug-likeness (QED) is 0.776. The van der Waals surface area contributed by atoms with Crippen LogP contribution in [0.1, 0.15) is 25.1 Å². The molecule has 0 aliphatic heterocycles. The Bertz CT molecular complexity index is 285. The summed E-state index contributed by atoms with van der Waals surface area (Å²) < 4.78 is 0. The molecule has 0 spiro atoms. The molecule has 0 saturated heterocycles. The Labute approximate surface area is 94.9 Å². The summed E-state index contributed by atoms with van der Waals surface area (Å²) in [6, 6.07) is 3.91. The summed E-state index contributed by atoms with van der Waals surface area (Å²) >= 11 is 1.66. The van der Waals surface area contributed by atoms with E-state index in [2.05, 4.69) is 17.6 Å². The van der Waals surface area contributed by atoms with Crippen molar-refractivity contribution >= 4 is 17.2 Å². The molecule has 3 nitrogen and oxygen atoms in total. The van der Waals surface area contributed by atoms with Crippen molar-refractivity contribution in [2.45, 2.75) is 32.9 Å². The Hall–Kier alpha value is -0.870.